The molecule has 2 aliphatic heterocycles. The lowest BCUT2D eigenvalue weighted by atomic mass is 9.80. The Balaban J connectivity index is 1.59. The maximum Gasteiger partial charge on any atom is 0.0632 e. The van der Waals surface area contributed by atoms with Crippen molar-refractivity contribution in [2.75, 3.05) is 29.5 Å². The van der Waals surface area contributed by atoms with Gasteiger partial charge in [0.25, 0.3) is 0 Å². The summed E-state index contributed by atoms with van der Waals surface area (Å²) in [4.78, 5) is 5.07. The molecule has 252 valence electrons. The second kappa shape index (κ2) is 14.6. The highest BCUT2D eigenvalue weighted by molar-refractivity contribution is 5.71. The predicted octanol–water partition coefficient (Wildman–Crippen LogP) is 8.32. The molecule has 1 atom stereocenters. The lowest BCUT2D eigenvalue weighted by molar-refractivity contribution is 0.288. The van der Waals surface area contributed by atoms with Crippen molar-refractivity contribution in [2.45, 2.75) is 103 Å². The first-order chi connectivity index (χ1) is 22.6. The van der Waals surface area contributed by atoms with Crippen LogP contribution in [0.5, 0.6) is 0 Å². The van der Waals surface area contributed by atoms with Crippen LogP contribution in [0.4, 0.5) is 11.4 Å². The first-order valence-corrected chi connectivity index (χ1v) is 17.7. The van der Waals surface area contributed by atoms with Crippen molar-refractivity contribution < 1.29 is 5.11 Å². The zero-order valence-electron chi connectivity index (χ0n) is 29.6. The van der Waals surface area contributed by atoms with E-state index in [0.29, 0.717) is 18.5 Å². The van der Waals surface area contributed by atoms with Crippen LogP contribution in [0, 0.1) is 0 Å². The van der Waals surface area contributed by atoms with E-state index >= 15 is 0 Å². The van der Waals surface area contributed by atoms with Crippen molar-refractivity contribution in [3.05, 3.63) is 118 Å². The lowest BCUT2D eigenvalue weighted by Gasteiger charge is -2.33. The first kappa shape index (κ1) is 34.6. The largest absolute Gasteiger partial charge is 0.401 e. The zero-order chi connectivity index (χ0) is 33.8. The van der Waals surface area contributed by atoms with Gasteiger partial charge >= 0.3 is 0 Å². The quantitative estimate of drug-likeness (QED) is 0.161. The Kier molecular flexibility index (Phi) is 10.7. The van der Waals surface area contributed by atoms with Crippen LogP contribution in [0.2, 0.25) is 0 Å². The van der Waals surface area contributed by atoms with Crippen LogP contribution < -0.4 is 21.4 Å². The van der Waals surface area contributed by atoms with E-state index in [4.69, 9.17) is 11.6 Å². The normalized spacial score (nSPS) is 22.1. The number of benzene rings is 2. The molecule has 0 radical (unpaired) electrons. The number of anilines is 2. The number of rotatable bonds is 12. The summed E-state index contributed by atoms with van der Waals surface area (Å²) in [5, 5.41) is 11.1. The summed E-state index contributed by atoms with van der Waals surface area (Å²) < 4.78 is 0. The van der Waals surface area contributed by atoms with Crippen molar-refractivity contribution in [3.63, 3.8) is 0 Å². The Bertz CT molecular complexity index is 1580. The Hall–Kier alpha value is -3.74. The van der Waals surface area contributed by atoms with E-state index in [1.54, 1.807) is 5.01 Å². The summed E-state index contributed by atoms with van der Waals surface area (Å²) in [5.41, 5.74) is 17.2. The van der Waals surface area contributed by atoms with Gasteiger partial charge in [0.2, 0.25) is 0 Å². The molecule has 0 amide bonds. The number of aliphatic hydroxyl groups is 1. The summed E-state index contributed by atoms with van der Waals surface area (Å²) in [6.07, 6.45) is 17.6. The molecule has 0 saturated heterocycles. The van der Waals surface area contributed by atoms with E-state index in [9.17, 15) is 5.11 Å². The fraction of sp³-hybridized carbons (Fsp3) is 0.463. The third kappa shape index (κ3) is 6.81. The van der Waals surface area contributed by atoms with Crippen LogP contribution >= 0.6 is 0 Å². The van der Waals surface area contributed by atoms with Gasteiger partial charge in [0.15, 0.2) is 0 Å². The molecule has 0 aromatic heterocycles. The SMILES string of the molecule is CCCN1/C(=C/C=C2\CCCC(/C=C/C3N(CCC)c4ccccc4C3(C)C)=C2N(N)/C=C(\N)CCCO)C(C)(C)c2ccccc21. The summed E-state index contributed by atoms with van der Waals surface area (Å²) in [7, 11) is 0. The first-order valence-electron chi connectivity index (χ1n) is 17.7. The summed E-state index contributed by atoms with van der Waals surface area (Å²) in [6, 6.07) is 17.9. The van der Waals surface area contributed by atoms with Gasteiger partial charge in [-0.2, -0.15) is 0 Å². The average Bonchev–Trinajstić information content (AvgIpc) is 3.40. The highest BCUT2D eigenvalue weighted by Gasteiger charge is 2.43. The number of allylic oxidation sites excluding steroid dienone is 7. The molecule has 2 aromatic rings. The van der Waals surface area contributed by atoms with E-state index in [0.717, 1.165) is 50.9 Å². The molecule has 0 spiro atoms. The van der Waals surface area contributed by atoms with Crippen molar-refractivity contribution in [1.82, 2.24) is 5.01 Å². The number of hydrazine groups is 1. The lowest BCUT2D eigenvalue weighted by Crippen LogP contribution is -2.40. The molecule has 1 unspecified atom stereocenters. The molecule has 6 nitrogen and oxygen atoms in total. The van der Waals surface area contributed by atoms with Crippen molar-refractivity contribution in [1.29, 1.82) is 0 Å². The van der Waals surface area contributed by atoms with Crippen LogP contribution in [0.1, 0.15) is 97.6 Å². The van der Waals surface area contributed by atoms with Gasteiger partial charge in [0.1, 0.15) is 0 Å². The van der Waals surface area contributed by atoms with Crippen LogP contribution in [0.25, 0.3) is 0 Å². The molecule has 0 saturated carbocycles. The smallest absolute Gasteiger partial charge is 0.0632 e. The van der Waals surface area contributed by atoms with Gasteiger partial charge in [0.05, 0.1) is 11.7 Å². The summed E-state index contributed by atoms with van der Waals surface area (Å²) >= 11 is 0. The minimum absolute atomic E-state index is 0.0242. The van der Waals surface area contributed by atoms with E-state index in [2.05, 4.69) is 124 Å². The number of fused-ring (bicyclic) bond motifs is 2. The molecule has 3 aliphatic rings. The fourth-order valence-corrected chi connectivity index (χ4v) is 7.96. The van der Waals surface area contributed by atoms with Crippen LogP contribution in [-0.4, -0.2) is 35.9 Å². The molecular weight excluding hydrogens is 578 g/mol. The molecule has 2 aromatic carbocycles. The summed E-state index contributed by atoms with van der Waals surface area (Å²) in [5.74, 6) is 6.90. The van der Waals surface area contributed by atoms with E-state index in [1.807, 2.05) is 6.20 Å². The van der Waals surface area contributed by atoms with Gasteiger partial charge in [-0.1, -0.05) is 96.2 Å². The maximum absolute atomic E-state index is 9.39. The highest BCUT2D eigenvalue weighted by Crippen LogP contribution is 2.48. The fourth-order valence-electron chi connectivity index (χ4n) is 7.96. The number of hydrogen-bond acceptors (Lipinski definition) is 6. The number of hydrogen-bond donors (Lipinski definition) is 3. The Morgan fingerprint density at radius 1 is 0.936 bits per heavy atom. The van der Waals surface area contributed by atoms with Gasteiger partial charge in [-0.3, -0.25) is 5.01 Å². The molecule has 0 fully saturated rings. The van der Waals surface area contributed by atoms with Crippen molar-refractivity contribution in [3.8, 4) is 0 Å². The third-order valence-corrected chi connectivity index (χ3v) is 10.3. The highest BCUT2D eigenvalue weighted by atomic mass is 16.2. The Morgan fingerprint density at radius 2 is 1.62 bits per heavy atom. The van der Waals surface area contributed by atoms with Crippen LogP contribution in [0.3, 0.4) is 0 Å². The molecule has 5 N–H and O–H groups in total. The molecular formula is C41H57N5O. The van der Waals surface area contributed by atoms with Gasteiger partial charge in [-0.15, -0.1) is 0 Å². The number of nitrogens with zero attached hydrogens (tertiary/aromatic N) is 3. The van der Waals surface area contributed by atoms with E-state index < -0.39 is 0 Å². The topological polar surface area (TPSA) is 82.0 Å². The standard InChI is InChI=1S/C41H57N5O/c1-7-26-44-35-20-11-9-18-33(35)40(3,4)37(44)24-22-30-15-13-16-31(39(30)46(43)29-32(42)17-14-28-47)23-25-38-41(5,6)34-19-10-12-21-36(34)45(38)27-8-2/h9-12,18-25,29,37,47H,7-8,13-17,26-28,42-43H2,1-6H3/b24-22+,31-23+,32-29-,38-25+. The molecule has 0 bridgehead atoms. The van der Waals surface area contributed by atoms with Crippen LogP contribution in [-0.2, 0) is 10.8 Å². The number of para-hydroxylation sites is 2. The van der Waals surface area contributed by atoms with Gasteiger partial charge < -0.3 is 20.6 Å². The molecule has 2 heterocycles. The monoisotopic (exact) mass is 635 g/mol. The Labute approximate surface area is 283 Å². The second-order valence-electron chi connectivity index (χ2n) is 14.4. The van der Waals surface area contributed by atoms with Gasteiger partial charge in [-0.05, 0) is 85.4 Å². The zero-order valence-corrected chi connectivity index (χ0v) is 29.6. The Morgan fingerprint density at radius 3 is 2.32 bits per heavy atom. The predicted molar refractivity (Wildman–Crippen MR) is 199 cm³/mol. The molecule has 1 aliphatic carbocycles. The van der Waals surface area contributed by atoms with Gasteiger partial charge in [0, 0.05) is 59.5 Å². The average molecular weight is 636 g/mol. The molecule has 47 heavy (non-hydrogen) atoms. The number of nitrogens with two attached hydrogens (primary N) is 2. The number of aliphatic hydroxyl groups excluding tert-OH is 1. The van der Waals surface area contributed by atoms with E-state index in [1.165, 1.54) is 39.3 Å². The maximum atomic E-state index is 9.39. The van der Waals surface area contributed by atoms with Crippen molar-refractivity contribution >= 4 is 11.4 Å². The second-order valence-corrected chi connectivity index (χ2v) is 14.4. The summed E-state index contributed by atoms with van der Waals surface area (Å²) in [6.45, 7) is 16.0. The van der Waals surface area contributed by atoms with Crippen LogP contribution in [0.15, 0.2) is 107 Å². The minimum atomic E-state index is -0.104. The molecule has 6 heteroatoms. The third-order valence-electron chi connectivity index (χ3n) is 10.3. The van der Waals surface area contributed by atoms with Crippen molar-refractivity contribution in [2.24, 2.45) is 11.6 Å². The van der Waals surface area contributed by atoms with E-state index in [-0.39, 0.29) is 23.5 Å². The molecule has 5 rings (SSSR count). The minimum Gasteiger partial charge on any atom is -0.401 e. The van der Waals surface area contributed by atoms with Gasteiger partial charge in [-0.25, -0.2) is 5.84 Å².